The van der Waals surface area contributed by atoms with E-state index in [9.17, 15) is 0 Å². The van der Waals surface area contributed by atoms with Gasteiger partial charge >= 0.3 is 0 Å². The van der Waals surface area contributed by atoms with Gasteiger partial charge in [0.25, 0.3) is 0 Å². The average Bonchev–Trinajstić information content (AvgIpc) is 2.83. The van der Waals surface area contributed by atoms with Gasteiger partial charge in [0.15, 0.2) is 0 Å². The normalized spacial score (nSPS) is 24.7. The molecule has 0 radical (unpaired) electrons. The first-order valence-corrected chi connectivity index (χ1v) is 13.9. The molecule has 0 amide bonds. The Hall–Kier alpha value is -0.610. The van der Waals surface area contributed by atoms with Gasteiger partial charge in [0, 0.05) is 22.0 Å². The van der Waals surface area contributed by atoms with Gasteiger partial charge in [0.2, 0.25) is 0 Å². The Morgan fingerprint density at radius 3 is 1.90 bits per heavy atom. The van der Waals surface area contributed by atoms with E-state index in [1.165, 1.54) is 87.5 Å². The molecule has 4 rings (SSSR count). The maximum atomic E-state index is 5.11. The molecule has 154 valence electrons. The largest absolute Gasteiger partial charge is 0.248 e. The molecule has 1 aliphatic heterocycles. The van der Waals surface area contributed by atoms with Crippen LogP contribution in [0.4, 0.5) is 0 Å². The molecule has 29 heavy (non-hydrogen) atoms. The maximum Gasteiger partial charge on any atom is 0.119 e. The highest BCUT2D eigenvalue weighted by Crippen LogP contribution is 2.36. The van der Waals surface area contributed by atoms with E-state index in [0.29, 0.717) is 0 Å². The molecule has 1 saturated carbocycles. The quantitative estimate of drug-likeness (QED) is 0.617. The summed E-state index contributed by atoms with van der Waals surface area (Å²) in [6.07, 6.45) is 15.6. The van der Waals surface area contributed by atoms with Crippen LogP contribution in [-0.4, -0.2) is 35.4 Å². The Morgan fingerprint density at radius 2 is 1.31 bits per heavy atom. The Bertz CT molecular complexity index is 802. The minimum absolute atomic E-state index is 0.790. The van der Waals surface area contributed by atoms with E-state index in [4.69, 9.17) is 9.97 Å². The summed E-state index contributed by atoms with van der Waals surface area (Å²) in [5.74, 6) is 2.07. The first-order chi connectivity index (χ1) is 14.3. The number of aromatic nitrogens is 2. The average molecular weight is 424 g/mol. The van der Waals surface area contributed by atoms with Crippen molar-refractivity contribution in [3.63, 3.8) is 0 Å². The first-order valence-electron chi connectivity index (χ1n) is 11.8. The molecule has 0 N–H and O–H groups in total. The van der Waals surface area contributed by atoms with Crippen molar-refractivity contribution >= 4 is 54.9 Å². The predicted octanol–water partition coefficient (Wildman–Crippen LogP) is 4.76. The molecule has 6 heteroatoms. The Kier molecular flexibility index (Phi) is 8.30. The van der Waals surface area contributed by atoms with Crippen LogP contribution in [0.5, 0.6) is 0 Å². The fourth-order valence-corrected chi connectivity index (χ4v) is 7.43. The van der Waals surface area contributed by atoms with Gasteiger partial charge in [-0.3, -0.25) is 0 Å². The molecule has 1 aromatic carbocycles. The molecule has 2 aliphatic rings. The van der Waals surface area contributed by atoms with Crippen molar-refractivity contribution in [2.75, 3.05) is 0 Å². The molecule has 2 atom stereocenters. The van der Waals surface area contributed by atoms with Crippen LogP contribution < -0.4 is 5.46 Å². The highest BCUT2D eigenvalue weighted by atomic mass is 32.2. The van der Waals surface area contributed by atoms with Gasteiger partial charge in [-0.2, -0.15) is 23.5 Å². The van der Waals surface area contributed by atoms with Crippen molar-refractivity contribution in [3.05, 3.63) is 29.6 Å². The van der Waals surface area contributed by atoms with Crippen molar-refractivity contribution in [1.82, 2.24) is 9.97 Å². The van der Waals surface area contributed by atoms with Gasteiger partial charge in [-0.15, -0.1) is 0 Å². The number of hydrogen-bond acceptors (Lipinski definition) is 4. The third-order valence-electron chi connectivity index (χ3n) is 6.53. The molecule has 2 aromatic rings. The van der Waals surface area contributed by atoms with Crippen LogP contribution in [0.3, 0.4) is 0 Å². The molecule has 1 aromatic heterocycles. The number of thioether (sulfide) groups is 2. The lowest BCUT2D eigenvalue weighted by molar-refractivity contribution is 0.563. The lowest BCUT2D eigenvalue weighted by Crippen LogP contribution is -2.14. The molecule has 2 bridgehead atoms. The third-order valence-corrected chi connectivity index (χ3v) is 9.21. The maximum absolute atomic E-state index is 5.11. The monoisotopic (exact) mass is 424 g/mol. The molecular formula is C23H34B2N2S2. The Labute approximate surface area is 186 Å². The van der Waals surface area contributed by atoms with Gasteiger partial charge in [-0.1, -0.05) is 62.9 Å². The van der Waals surface area contributed by atoms with Gasteiger partial charge in [-0.05, 0) is 31.4 Å². The van der Waals surface area contributed by atoms with Crippen LogP contribution in [0, 0.1) is 0 Å². The second kappa shape index (κ2) is 11.1. The highest BCUT2D eigenvalue weighted by Gasteiger charge is 2.22. The SMILES string of the molecule is BBc1ccc2nc3c(nc2c1)CSC1CCCCCCCCCCC(C1)SC3. The van der Waals surface area contributed by atoms with Crippen LogP contribution in [0.2, 0.25) is 0 Å². The van der Waals surface area contributed by atoms with Crippen molar-refractivity contribution in [2.45, 2.75) is 92.6 Å². The summed E-state index contributed by atoms with van der Waals surface area (Å²) in [4.78, 5) is 10.2. The fraction of sp³-hybridized carbons (Fsp3) is 0.652. The second-order valence-corrected chi connectivity index (χ2v) is 11.4. The van der Waals surface area contributed by atoms with Gasteiger partial charge in [0.1, 0.15) is 7.17 Å². The Morgan fingerprint density at radius 1 is 0.759 bits per heavy atom. The number of nitrogens with zero attached hydrogens (tertiary/aromatic N) is 2. The van der Waals surface area contributed by atoms with E-state index in [0.717, 1.165) is 40.2 Å². The van der Waals surface area contributed by atoms with Crippen LogP contribution in [0.15, 0.2) is 18.2 Å². The molecule has 0 spiro atoms. The molecule has 2 heterocycles. The zero-order chi connectivity index (χ0) is 19.9. The lowest BCUT2D eigenvalue weighted by Gasteiger charge is -2.21. The predicted molar refractivity (Wildman–Crippen MR) is 136 cm³/mol. The Balaban J connectivity index is 1.56. The standard InChI is InChI=1S/C23H34B2N2S2/c24-25-17-11-12-20-21(13-17)27-23-16-29-19-10-8-6-4-2-1-3-5-7-9-18(14-19)28-15-22(23)26-20/h11-13,18-19,25H,1-10,14-16,24H2. The lowest BCUT2D eigenvalue weighted by atomic mass is 9.51. The van der Waals surface area contributed by atoms with E-state index in [1.807, 2.05) is 0 Å². The molecule has 1 aliphatic carbocycles. The summed E-state index contributed by atoms with van der Waals surface area (Å²) in [6, 6.07) is 6.62. The summed E-state index contributed by atoms with van der Waals surface area (Å²) >= 11 is 4.33. The van der Waals surface area contributed by atoms with E-state index in [2.05, 4.69) is 49.5 Å². The molecule has 2 nitrogen and oxygen atoms in total. The molecule has 0 saturated heterocycles. The van der Waals surface area contributed by atoms with E-state index < -0.39 is 0 Å². The van der Waals surface area contributed by atoms with Crippen LogP contribution in [-0.2, 0) is 11.5 Å². The van der Waals surface area contributed by atoms with Gasteiger partial charge < -0.3 is 0 Å². The summed E-state index contributed by atoms with van der Waals surface area (Å²) < 4.78 is 0. The number of rotatable bonds is 1. The first kappa shape index (κ1) is 21.6. The summed E-state index contributed by atoms with van der Waals surface area (Å²) in [6.45, 7) is 0. The number of hydrogen-bond donors (Lipinski definition) is 0. The topological polar surface area (TPSA) is 25.8 Å². The van der Waals surface area contributed by atoms with Crippen LogP contribution in [0.1, 0.15) is 82.0 Å². The van der Waals surface area contributed by atoms with E-state index in [1.54, 1.807) is 0 Å². The zero-order valence-electron chi connectivity index (χ0n) is 18.0. The molecule has 1 fully saturated rings. The molecule has 2 unspecified atom stereocenters. The van der Waals surface area contributed by atoms with E-state index in [-0.39, 0.29) is 0 Å². The van der Waals surface area contributed by atoms with E-state index >= 15 is 0 Å². The smallest absolute Gasteiger partial charge is 0.119 e. The number of fused-ring (bicyclic) bond motifs is 4. The molecular weight excluding hydrogens is 390 g/mol. The third kappa shape index (κ3) is 6.19. The highest BCUT2D eigenvalue weighted by molar-refractivity contribution is 8.00. The zero-order valence-corrected chi connectivity index (χ0v) is 19.6. The summed E-state index contributed by atoms with van der Waals surface area (Å²) in [5, 5.41) is 1.58. The van der Waals surface area contributed by atoms with Crippen molar-refractivity contribution in [1.29, 1.82) is 0 Å². The number of benzene rings is 1. The van der Waals surface area contributed by atoms with Crippen molar-refractivity contribution in [3.8, 4) is 0 Å². The van der Waals surface area contributed by atoms with Gasteiger partial charge in [0.05, 0.1) is 30.2 Å². The minimum Gasteiger partial charge on any atom is -0.248 e. The van der Waals surface area contributed by atoms with Gasteiger partial charge in [-0.25, -0.2) is 9.97 Å². The van der Waals surface area contributed by atoms with Crippen molar-refractivity contribution in [2.24, 2.45) is 0 Å². The summed E-state index contributed by atoms with van der Waals surface area (Å²) in [7, 11) is 3.27. The van der Waals surface area contributed by atoms with Crippen molar-refractivity contribution < 1.29 is 0 Å². The minimum atomic E-state index is 0.790. The second-order valence-electron chi connectivity index (χ2n) is 8.80. The van der Waals surface area contributed by atoms with Crippen LogP contribution >= 0.6 is 23.5 Å². The summed E-state index contributed by atoms with van der Waals surface area (Å²) in [5.41, 5.74) is 6.00. The van der Waals surface area contributed by atoms with Crippen LogP contribution in [0.25, 0.3) is 11.0 Å². The fourth-order valence-electron chi connectivity index (χ4n) is 4.65.